The van der Waals surface area contributed by atoms with Crippen LogP contribution in [0.3, 0.4) is 0 Å². The maximum Gasteiger partial charge on any atom is 0.272 e. The first-order valence-corrected chi connectivity index (χ1v) is 11.5. The Hall–Kier alpha value is -4.27. The Morgan fingerprint density at radius 1 is 1.11 bits per heavy atom. The molecule has 0 fully saturated rings. The number of fused-ring (bicyclic) bond motifs is 1. The lowest BCUT2D eigenvalue weighted by Crippen LogP contribution is -2.25. The summed E-state index contributed by atoms with van der Waals surface area (Å²) in [4.78, 5) is 17.5. The molecule has 0 saturated carbocycles. The van der Waals surface area contributed by atoms with Crippen molar-refractivity contribution in [2.45, 2.75) is 33.1 Å². The van der Waals surface area contributed by atoms with Gasteiger partial charge in [0.05, 0.1) is 31.3 Å². The lowest BCUT2D eigenvalue weighted by molar-refractivity contribution is -0.116. The van der Waals surface area contributed by atoms with Crippen molar-refractivity contribution in [3.8, 4) is 28.7 Å². The van der Waals surface area contributed by atoms with E-state index in [4.69, 9.17) is 14.6 Å². The predicted molar refractivity (Wildman–Crippen MR) is 131 cm³/mol. The maximum absolute atomic E-state index is 12.8. The molecule has 9 heteroatoms. The number of carbonyl (C=O) groups excluding carboxylic acids is 1. The molecule has 0 aliphatic carbocycles. The number of aryl methyl sites for hydroxylation is 2. The highest BCUT2D eigenvalue weighted by molar-refractivity contribution is 5.95. The van der Waals surface area contributed by atoms with E-state index in [1.165, 1.54) is 0 Å². The number of nitrogens with zero attached hydrogens (tertiary/aromatic N) is 5. The average Bonchev–Trinajstić information content (AvgIpc) is 3.20. The molecule has 1 atom stereocenters. The van der Waals surface area contributed by atoms with Gasteiger partial charge in [0, 0.05) is 23.5 Å². The van der Waals surface area contributed by atoms with E-state index in [2.05, 4.69) is 20.5 Å². The van der Waals surface area contributed by atoms with Crippen molar-refractivity contribution in [1.82, 2.24) is 25.0 Å². The molecule has 0 saturated heterocycles. The minimum absolute atomic E-state index is 0.112. The molecule has 4 aromatic rings. The van der Waals surface area contributed by atoms with Crippen LogP contribution in [-0.4, -0.2) is 44.6 Å². The first kappa shape index (κ1) is 22.5. The molecule has 0 unspecified atom stereocenters. The van der Waals surface area contributed by atoms with Gasteiger partial charge in [0.25, 0.3) is 5.95 Å². The van der Waals surface area contributed by atoms with Gasteiger partial charge < -0.3 is 14.8 Å². The molecule has 1 aliphatic heterocycles. The van der Waals surface area contributed by atoms with Crippen LogP contribution in [0.5, 0.6) is 11.5 Å². The van der Waals surface area contributed by atoms with Crippen LogP contribution in [-0.2, 0) is 4.79 Å². The van der Waals surface area contributed by atoms with Crippen molar-refractivity contribution in [2.75, 3.05) is 19.0 Å². The van der Waals surface area contributed by atoms with Crippen molar-refractivity contribution in [3.63, 3.8) is 0 Å². The topological polar surface area (TPSA) is 104 Å². The number of nitrogens with one attached hydrogen (secondary N) is 1. The molecule has 1 N–H and O–H groups in total. The van der Waals surface area contributed by atoms with Gasteiger partial charge in [-0.1, -0.05) is 35.9 Å². The summed E-state index contributed by atoms with van der Waals surface area (Å²) in [6.45, 7) is 6.41. The second-order valence-electron chi connectivity index (χ2n) is 8.42. The van der Waals surface area contributed by atoms with Gasteiger partial charge in [-0.2, -0.15) is 14.9 Å². The third-order valence-corrected chi connectivity index (χ3v) is 6.08. The number of ether oxygens (including phenoxy) is 2. The SMILES string of the molecule is CCOc1ccc([C@H]2CC(=O)Nc3c2c(C)nn3-c2nncc(-c3ccc(C)cc3)n2)cc1OC. The standard InChI is InChI=1S/C26H26N6O3/c1-5-35-21-11-10-18(12-22(21)34-4)19-13-23(33)29-25-24(19)16(3)31-32(25)26-28-20(14-27-30-26)17-8-6-15(2)7-9-17/h6-12,14,19H,5,13H2,1-4H3,(H,29,33)/t19-/m1/s1. The van der Waals surface area contributed by atoms with E-state index in [-0.39, 0.29) is 17.8 Å². The zero-order valence-corrected chi connectivity index (χ0v) is 20.1. The minimum Gasteiger partial charge on any atom is -0.493 e. The highest BCUT2D eigenvalue weighted by Crippen LogP contribution is 2.42. The van der Waals surface area contributed by atoms with Crippen molar-refractivity contribution in [3.05, 3.63) is 71.0 Å². The molecule has 0 spiro atoms. The monoisotopic (exact) mass is 470 g/mol. The number of hydrogen-bond acceptors (Lipinski definition) is 7. The fourth-order valence-corrected chi connectivity index (χ4v) is 4.40. The first-order valence-electron chi connectivity index (χ1n) is 11.5. The fourth-order valence-electron chi connectivity index (χ4n) is 4.40. The molecular formula is C26H26N6O3. The Morgan fingerprint density at radius 3 is 2.66 bits per heavy atom. The molecule has 0 bridgehead atoms. The zero-order chi connectivity index (χ0) is 24.5. The molecule has 1 amide bonds. The summed E-state index contributed by atoms with van der Waals surface area (Å²) in [6, 6.07) is 13.8. The van der Waals surface area contributed by atoms with Crippen LogP contribution in [0, 0.1) is 13.8 Å². The molecule has 5 rings (SSSR count). The number of rotatable bonds is 6. The smallest absolute Gasteiger partial charge is 0.272 e. The second-order valence-corrected chi connectivity index (χ2v) is 8.42. The van der Waals surface area contributed by atoms with Crippen molar-refractivity contribution in [1.29, 1.82) is 0 Å². The number of aromatic nitrogens is 5. The summed E-state index contributed by atoms with van der Waals surface area (Å²) >= 11 is 0. The minimum atomic E-state index is -0.203. The third-order valence-electron chi connectivity index (χ3n) is 6.08. The molecule has 9 nitrogen and oxygen atoms in total. The number of methoxy groups -OCH3 is 1. The summed E-state index contributed by atoms with van der Waals surface area (Å²) in [6.07, 6.45) is 1.91. The van der Waals surface area contributed by atoms with Gasteiger partial charge >= 0.3 is 0 Å². The van der Waals surface area contributed by atoms with Gasteiger partial charge in [0.15, 0.2) is 11.5 Å². The summed E-state index contributed by atoms with van der Waals surface area (Å²) in [5.74, 6) is 1.82. The molecular weight excluding hydrogens is 444 g/mol. The molecule has 35 heavy (non-hydrogen) atoms. The highest BCUT2D eigenvalue weighted by Gasteiger charge is 2.33. The molecule has 2 aromatic heterocycles. The zero-order valence-electron chi connectivity index (χ0n) is 20.1. The lowest BCUT2D eigenvalue weighted by atomic mass is 9.85. The average molecular weight is 471 g/mol. The molecule has 3 heterocycles. The molecule has 0 radical (unpaired) electrons. The number of amides is 1. The third kappa shape index (κ3) is 4.21. The second kappa shape index (κ2) is 9.17. The van der Waals surface area contributed by atoms with Crippen LogP contribution in [0.25, 0.3) is 17.2 Å². The molecule has 1 aliphatic rings. The normalized spacial score (nSPS) is 14.9. The van der Waals surface area contributed by atoms with E-state index in [1.54, 1.807) is 18.0 Å². The Balaban J connectivity index is 1.58. The first-order chi connectivity index (χ1) is 17.0. The van der Waals surface area contributed by atoms with E-state index < -0.39 is 0 Å². The summed E-state index contributed by atoms with van der Waals surface area (Å²) in [5.41, 5.74) is 5.39. The van der Waals surface area contributed by atoms with Gasteiger partial charge in [-0.3, -0.25) is 4.79 Å². The van der Waals surface area contributed by atoms with E-state index >= 15 is 0 Å². The van der Waals surface area contributed by atoms with Crippen LogP contribution in [0.2, 0.25) is 0 Å². The van der Waals surface area contributed by atoms with Crippen molar-refractivity contribution in [2.24, 2.45) is 0 Å². The van der Waals surface area contributed by atoms with E-state index in [0.29, 0.717) is 36.0 Å². The van der Waals surface area contributed by atoms with E-state index in [9.17, 15) is 4.79 Å². The predicted octanol–water partition coefficient (Wildman–Crippen LogP) is 4.22. The Morgan fingerprint density at radius 2 is 1.91 bits per heavy atom. The number of carbonyl (C=O) groups is 1. The Kier molecular flexibility index (Phi) is 5.90. The van der Waals surface area contributed by atoms with E-state index in [1.807, 2.05) is 63.2 Å². The largest absolute Gasteiger partial charge is 0.493 e. The van der Waals surface area contributed by atoms with Crippen LogP contribution in [0.1, 0.15) is 41.6 Å². The number of anilines is 1. The maximum atomic E-state index is 12.8. The van der Waals surface area contributed by atoms with Crippen LogP contribution in [0.15, 0.2) is 48.7 Å². The quantitative estimate of drug-likeness (QED) is 0.450. The van der Waals surface area contributed by atoms with Crippen LogP contribution in [0.4, 0.5) is 5.82 Å². The van der Waals surface area contributed by atoms with Crippen molar-refractivity contribution < 1.29 is 14.3 Å². The molecule has 2 aromatic carbocycles. The summed E-state index contributed by atoms with van der Waals surface area (Å²) in [7, 11) is 1.61. The van der Waals surface area contributed by atoms with Crippen molar-refractivity contribution >= 4 is 11.7 Å². The van der Waals surface area contributed by atoms with Gasteiger partial charge in [-0.25, -0.2) is 4.98 Å². The Labute approximate surface area is 203 Å². The van der Waals surface area contributed by atoms with Gasteiger partial charge in [-0.15, -0.1) is 5.10 Å². The summed E-state index contributed by atoms with van der Waals surface area (Å²) < 4.78 is 12.8. The lowest BCUT2D eigenvalue weighted by Gasteiger charge is -2.24. The van der Waals surface area contributed by atoms with E-state index in [0.717, 1.165) is 27.9 Å². The summed E-state index contributed by atoms with van der Waals surface area (Å²) in [5, 5.41) is 16.0. The molecule has 178 valence electrons. The van der Waals surface area contributed by atoms with Crippen LogP contribution < -0.4 is 14.8 Å². The van der Waals surface area contributed by atoms with Gasteiger partial charge in [0.1, 0.15) is 5.82 Å². The van der Waals surface area contributed by atoms with Gasteiger partial charge in [-0.05, 0) is 38.5 Å². The van der Waals surface area contributed by atoms with Crippen LogP contribution >= 0.6 is 0 Å². The number of benzene rings is 2. The highest BCUT2D eigenvalue weighted by atomic mass is 16.5. The fraction of sp³-hybridized carbons (Fsp3) is 0.269. The Bertz CT molecular complexity index is 1400. The van der Waals surface area contributed by atoms with Gasteiger partial charge in [0.2, 0.25) is 5.91 Å². The number of hydrogen-bond donors (Lipinski definition) is 1.